The first-order chi connectivity index (χ1) is 39.6. The van der Waals surface area contributed by atoms with Crippen LogP contribution < -0.4 is 0 Å². The third kappa shape index (κ3) is 11.1. The van der Waals surface area contributed by atoms with E-state index in [4.69, 9.17) is 56.3 Å². The summed E-state index contributed by atoms with van der Waals surface area (Å²) in [6.07, 6.45) is -30.7. The Morgan fingerprint density at radius 2 is 1.31 bits per heavy atom. The van der Waals surface area contributed by atoms with Crippen molar-refractivity contribution in [3.05, 3.63) is 11.6 Å². The van der Waals surface area contributed by atoms with Crippen LogP contribution >= 0.6 is 0 Å². The Balaban J connectivity index is 0.922. The van der Waals surface area contributed by atoms with Crippen molar-refractivity contribution >= 4 is 22.3 Å². The number of carbonyl (C=O) groups excluding carboxylic acids is 2. The summed E-state index contributed by atoms with van der Waals surface area (Å²) in [6, 6.07) is 0. The van der Waals surface area contributed by atoms with Crippen LogP contribution in [-0.2, 0) is 76.3 Å². The van der Waals surface area contributed by atoms with E-state index < -0.39 is 210 Å². The van der Waals surface area contributed by atoms with Crippen molar-refractivity contribution in [2.45, 2.75) is 260 Å². The molecule has 3 saturated carbocycles. The summed E-state index contributed by atoms with van der Waals surface area (Å²) >= 11 is 0. The number of cyclic esters (lactones) is 1. The van der Waals surface area contributed by atoms with E-state index in [2.05, 4.69) is 6.92 Å². The topological polar surface area (TPSA) is 422 Å². The highest BCUT2D eigenvalue weighted by Gasteiger charge is 2.87. The number of aliphatic hydroxyl groups excluding tert-OH is 10. The molecule has 8 fully saturated rings. The van der Waals surface area contributed by atoms with E-state index in [1.165, 1.54) is 21.0 Å². The van der Waals surface area contributed by atoms with Crippen LogP contribution in [0.25, 0.3) is 0 Å². The van der Waals surface area contributed by atoms with Gasteiger partial charge in [-0.15, -0.1) is 0 Å². The van der Waals surface area contributed by atoms with Gasteiger partial charge in [-0.1, -0.05) is 53.2 Å². The third-order valence-electron chi connectivity index (χ3n) is 21.2. The minimum Gasteiger partial charge on any atom is -0.458 e. The van der Waals surface area contributed by atoms with E-state index in [-0.39, 0.29) is 24.2 Å². The largest absolute Gasteiger partial charge is 0.458 e. The Morgan fingerprint density at radius 1 is 0.718 bits per heavy atom. The van der Waals surface area contributed by atoms with Gasteiger partial charge in [0, 0.05) is 14.0 Å². The fourth-order valence-corrected chi connectivity index (χ4v) is 17.2. The quantitative estimate of drug-likeness (QED) is 0.0310. The minimum atomic E-state index is -5.21. The lowest BCUT2D eigenvalue weighted by Gasteiger charge is -2.64. The van der Waals surface area contributed by atoms with Crippen molar-refractivity contribution in [3.8, 4) is 0 Å². The van der Waals surface area contributed by atoms with Crippen molar-refractivity contribution in [2.24, 2.45) is 39.4 Å². The molecule has 29 atom stereocenters. The molecule has 4 aliphatic carbocycles. The third-order valence-corrected chi connectivity index (χ3v) is 21.7. The molecule has 5 saturated heterocycles. The fraction of sp³-hybridized carbons (Fsp3) is 0.929. The second kappa shape index (κ2) is 24.4. The number of aliphatic hydroxyl groups is 11. The Bertz CT molecular complexity index is 2540. The van der Waals surface area contributed by atoms with E-state index in [1.807, 2.05) is 34.6 Å². The lowest BCUT2D eigenvalue weighted by molar-refractivity contribution is -0.389. The molecule has 0 aromatic heterocycles. The second-order valence-corrected chi connectivity index (χ2v) is 27.7. The molecule has 29 heteroatoms. The first kappa shape index (κ1) is 67.2. The molecule has 1 spiro atoms. The maximum atomic E-state index is 14.8. The second-order valence-electron chi connectivity index (χ2n) is 26.7. The highest BCUT2D eigenvalue weighted by molar-refractivity contribution is 7.80. The monoisotopic (exact) mass is 1240 g/mol. The first-order valence-electron chi connectivity index (χ1n) is 29.5. The van der Waals surface area contributed by atoms with Gasteiger partial charge < -0.3 is 108 Å². The summed E-state index contributed by atoms with van der Waals surface area (Å²) in [5, 5.41) is 125. The zero-order chi connectivity index (χ0) is 62.6. The molecule has 28 nitrogen and oxygen atoms in total. The number of hydrogen-bond acceptors (Lipinski definition) is 27. The van der Waals surface area contributed by atoms with Crippen LogP contribution in [0.3, 0.4) is 0 Å². The van der Waals surface area contributed by atoms with Gasteiger partial charge in [-0.3, -0.25) is 14.1 Å². The van der Waals surface area contributed by atoms with Gasteiger partial charge in [0.25, 0.3) is 0 Å². The molecule has 12 N–H and O–H groups in total. The van der Waals surface area contributed by atoms with Crippen molar-refractivity contribution in [2.75, 3.05) is 26.9 Å². The molecule has 9 rings (SSSR count). The zero-order valence-electron chi connectivity index (χ0n) is 49.6. The average Bonchev–Trinajstić information content (AvgIpc) is 1.51. The molecule has 2 unspecified atom stereocenters. The zero-order valence-corrected chi connectivity index (χ0v) is 50.4. The molecule has 5 heterocycles. The van der Waals surface area contributed by atoms with Gasteiger partial charge in [-0.05, 0) is 99.2 Å². The van der Waals surface area contributed by atoms with Gasteiger partial charge in [-0.2, -0.15) is 8.42 Å². The molecule has 0 bridgehead atoms. The highest BCUT2D eigenvalue weighted by atomic mass is 32.3. The SMILES string of the molecule is CO[C@@H]1[C@@H](O)[C@H](O[C@@H]2[C@@H](O)[C@H](O[C@H]3[C@H](O)[C@@H](O)[C@H](O[C@H]4[C@H](O[C@H]5CC[C@]6(C)C7=C[C@H](O)[C@]89C(=O)O[C@@](C)(C(CCC(C)C)OC(C)=O)[C@@]8(O)CC[C@@]9(C)[C@@H]7CCC6C5(C)C)OC[C@@H](OS(=O)(=O)O)[C@@H]4O)O[C@@H]3C)O[C@H](CO)[C@H]2O)O[C@H](CO)[C@H]1O. The molecule has 85 heavy (non-hydrogen) atoms. The number of hydrogen-bond donors (Lipinski definition) is 12. The molecule has 0 radical (unpaired) electrons. The minimum absolute atomic E-state index is 0.0963. The summed E-state index contributed by atoms with van der Waals surface area (Å²) < 4.78 is 104. The molecule has 0 aromatic rings. The number of ether oxygens (including phenoxy) is 11. The predicted molar refractivity (Wildman–Crippen MR) is 285 cm³/mol. The van der Waals surface area contributed by atoms with Crippen LogP contribution in [0.2, 0.25) is 0 Å². The Labute approximate surface area is 493 Å². The van der Waals surface area contributed by atoms with E-state index in [1.54, 1.807) is 13.0 Å². The van der Waals surface area contributed by atoms with Crippen molar-refractivity contribution < 1.29 is 135 Å². The highest BCUT2D eigenvalue weighted by Crippen LogP contribution is 2.77. The molecule has 0 aromatic carbocycles. The molecular formula is C56H90O28S. The van der Waals surface area contributed by atoms with Gasteiger partial charge in [0.05, 0.1) is 38.1 Å². The number of methoxy groups -OCH3 is 1. The van der Waals surface area contributed by atoms with Crippen LogP contribution in [0.4, 0.5) is 0 Å². The lowest BCUT2D eigenvalue weighted by Crippen LogP contribution is -2.69. The van der Waals surface area contributed by atoms with Crippen molar-refractivity contribution in [1.29, 1.82) is 0 Å². The smallest absolute Gasteiger partial charge is 0.397 e. The van der Waals surface area contributed by atoms with Crippen molar-refractivity contribution in [3.63, 3.8) is 0 Å². The van der Waals surface area contributed by atoms with Gasteiger partial charge in [-0.25, -0.2) is 4.18 Å². The maximum absolute atomic E-state index is 14.8. The van der Waals surface area contributed by atoms with Gasteiger partial charge in [0.15, 0.2) is 30.8 Å². The number of carbonyl (C=O) groups is 2. The summed E-state index contributed by atoms with van der Waals surface area (Å²) in [4.78, 5) is 27.4. The molecular weight excluding hydrogens is 1150 g/mol. The Morgan fingerprint density at radius 3 is 1.89 bits per heavy atom. The molecule has 0 amide bonds. The van der Waals surface area contributed by atoms with Gasteiger partial charge in [0.2, 0.25) is 0 Å². The van der Waals surface area contributed by atoms with E-state index in [9.17, 15) is 78.7 Å². The lowest BCUT2D eigenvalue weighted by atomic mass is 9.40. The van der Waals surface area contributed by atoms with Crippen LogP contribution in [-0.4, -0.2) is 254 Å². The van der Waals surface area contributed by atoms with Gasteiger partial charge >= 0.3 is 22.3 Å². The fourth-order valence-electron chi connectivity index (χ4n) is 16.7. The molecule has 9 aliphatic rings. The summed E-state index contributed by atoms with van der Waals surface area (Å²) in [6.45, 7) is 14.1. The summed E-state index contributed by atoms with van der Waals surface area (Å²) in [5.41, 5.74) is -6.86. The average molecular weight is 1240 g/mol. The molecule has 488 valence electrons. The number of rotatable bonds is 18. The van der Waals surface area contributed by atoms with Crippen LogP contribution in [0, 0.1) is 39.4 Å². The Hall–Kier alpha value is -2.25. The summed E-state index contributed by atoms with van der Waals surface area (Å²) in [7, 11) is -4.04. The number of allylic oxidation sites excluding steroid dienone is 1. The van der Waals surface area contributed by atoms with Crippen LogP contribution in [0.15, 0.2) is 11.6 Å². The molecule has 5 aliphatic heterocycles. The number of fused-ring (bicyclic) bond motifs is 4. The van der Waals surface area contributed by atoms with E-state index in [0.29, 0.717) is 44.9 Å². The van der Waals surface area contributed by atoms with Gasteiger partial charge in [0.1, 0.15) is 103 Å². The van der Waals surface area contributed by atoms with E-state index >= 15 is 0 Å². The summed E-state index contributed by atoms with van der Waals surface area (Å²) in [5.74, 6) is -1.60. The number of esters is 2. The predicted octanol–water partition coefficient (Wildman–Crippen LogP) is -1.85. The van der Waals surface area contributed by atoms with Crippen LogP contribution in [0.1, 0.15) is 114 Å². The standard InChI is InChI=1S/C56H90O28S/c1-23(2)11-14-34(76-25(4)59)54(9)55(69)18-17-53(8)26-12-13-31-51(5,6)33(15-16-52(31,7)27(26)19-32(60)56(53,55)50(68)83-54)79-49-45(37(63)30(22-74-49)84-85(70,71)72)82-46-39(65)38(64)42(24(3)75-46)80-48-41(67)44(36(62)29(21-58)78-48)81-47-40(66)43(73-10)35(61)28(20-57)77-47/h19,23-24,26,28-49,57-58,60-67,69H,11-18,20-22H2,1-10H3,(H,70,71,72)/t24-,26-,28-,29-,30-,31?,32+,33+,34?,35-,36-,37+,38-,39-,40-,41-,42-,43+,44+,45-,46+,47+,48+,49+,52-,53+,54+,55+,56-/m1/s1. The Kier molecular flexibility index (Phi) is 19.3. The van der Waals surface area contributed by atoms with Crippen molar-refractivity contribution in [1.82, 2.24) is 0 Å². The maximum Gasteiger partial charge on any atom is 0.397 e. The first-order valence-corrected chi connectivity index (χ1v) is 30.9. The normalized spacial score (nSPS) is 50.1. The van der Waals surface area contributed by atoms with E-state index in [0.717, 1.165) is 5.57 Å². The van der Waals surface area contributed by atoms with Crippen LogP contribution in [0.5, 0.6) is 0 Å².